The molecule has 3 rings (SSSR count). The fraction of sp³-hybridized carbons (Fsp3) is 0.333. The molecule has 1 fully saturated rings. The van der Waals surface area contributed by atoms with Gasteiger partial charge >= 0.3 is 11.9 Å². The lowest BCUT2D eigenvalue weighted by Gasteiger charge is -2.18. The van der Waals surface area contributed by atoms with Gasteiger partial charge in [-0.25, -0.2) is 4.79 Å². The summed E-state index contributed by atoms with van der Waals surface area (Å²) in [5.74, 6) is -2.18. The van der Waals surface area contributed by atoms with Gasteiger partial charge in [-0.1, -0.05) is 29.8 Å². The highest BCUT2D eigenvalue weighted by molar-refractivity contribution is 6.02. The van der Waals surface area contributed by atoms with Crippen molar-refractivity contribution in [3.8, 4) is 0 Å². The average molecular weight is 423 g/mol. The van der Waals surface area contributed by atoms with Crippen molar-refractivity contribution in [3.63, 3.8) is 0 Å². The van der Waals surface area contributed by atoms with Gasteiger partial charge in [0.2, 0.25) is 11.7 Å². The van der Waals surface area contributed by atoms with Gasteiger partial charge in [0, 0.05) is 24.2 Å². The summed E-state index contributed by atoms with van der Waals surface area (Å²) in [6, 6.07) is 13.5. The number of hydrogen-bond donors (Lipinski definition) is 0. The smallest absolute Gasteiger partial charge is 0.338 e. The van der Waals surface area contributed by atoms with Gasteiger partial charge in [0.25, 0.3) is 0 Å². The largest absolute Gasteiger partial charge is 0.462 e. The minimum atomic E-state index is -0.941. The number of nitrogens with zero attached hydrogens (tertiary/aromatic N) is 1. The molecule has 1 aliphatic heterocycles. The number of aryl methyl sites for hydroxylation is 1. The molecule has 0 unspecified atom stereocenters. The first-order valence-corrected chi connectivity index (χ1v) is 10.2. The van der Waals surface area contributed by atoms with Gasteiger partial charge in [-0.05, 0) is 45.0 Å². The monoisotopic (exact) mass is 423 g/mol. The van der Waals surface area contributed by atoms with Crippen molar-refractivity contribution >= 4 is 29.3 Å². The van der Waals surface area contributed by atoms with E-state index < -0.39 is 24.0 Å². The molecule has 2 aromatic rings. The number of amides is 1. The lowest BCUT2D eigenvalue weighted by molar-refractivity contribution is -0.151. The summed E-state index contributed by atoms with van der Waals surface area (Å²) < 4.78 is 10.3. The number of ketones is 1. The second kappa shape index (κ2) is 9.55. The van der Waals surface area contributed by atoms with E-state index in [1.165, 1.54) is 11.8 Å². The molecule has 0 bridgehead atoms. The molecule has 0 radical (unpaired) electrons. The first-order chi connectivity index (χ1) is 14.8. The van der Waals surface area contributed by atoms with Crippen LogP contribution in [0.1, 0.15) is 46.5 Å². The third kappa shape index (κ3) is 5.17. The molecule has 162 valence electrons. The maximum absolute atomic E-state index is 12.6. The van der Waals surface area contributed by atoms with Gasteiger partial charge in [0.1, 0.15) is 0 Å². The second-order valence-corrected chi connectivity index (χ2v) is 7.48. The summed E-state index contributed by atoms with van der Waals surface area (Å²) in [5, 5.41) is 0. The highest BCUT2D eigenvalue weighted by atomic mass is 16.5. The van der Waals surface area contributed by atoms with Crippen LogP contribution in [0.4, 0.5) is 5.69 Å². The van der Waals surface area contributed by atoms with E-state index in [1.807, 2.05) is 19.1 Å². The molecule has 1 amide bonds. The van der Waals surface area contributed by atoms with E-state index in [4.69, 9.17) is 9.47 Å². The van der Waals surface area contributed by atoms with E-state index in [2.05, 4.69) is 0 Å². The molecule has 1 aliphatic rings. The fourth-order valence-electron chi connectivity index (χ4n) is 3.38. The van der Waals surface area contributed by atoms with Crippen LogP contribution in [-0.2, 0) is 19.1 Å². The van der Waals surface area contributed by atoms with Crippen LogP contribution in [-0.4, -0.2) is 42.9 Å². The number of carbonyl (C=O) groups excluding carboxylic acids is 4. The Hall–Kier alpha value is -3.48. The van der Waals surface area contributed by atoms with Gasteiger partial charge in [-0.3, -0.25) is 14.4 Å². The maximum atomic E-state index is 12.6. The zero-order valence-electron chi connectivity index (χ0n) is 17.8. The van der Waals surface area contributed by atoms with Crippen molar-refractivity contribution in [2.75, 3.05) is 18.1 Å². The molecule has 1 heterocycles. The summed E-state index contributed by atoms with van der Waals surface area (Å²) in [5.41, 5.74) is 2.46. The molecule has 0 aromatic heterocycles. The van der Waals surface area contributed by atoms with Gasteiger partial charge in [-0.15, -0.1) is 0 Å². The first kappa shape index (κ1) is 22.2. The van der Waals surface area contributed by atoms with E-state index in [-0.39, 0.29) is 31.3 Å². The Morgan fingerprint density at radius 3 is 2.26 bits per heavy atom. The normalized spacial score (nSPS) is 16.7. The predicted molar refractivity (Wildman–Crippen MR) is 114 cm³/mol. The van der Waals surface area contributed by atoms with E-state index in [0.29, 0.717) is 16.8 Å². The predicted octanol–water partition coefficient (Wildman–Crippen LogP) is 3.34. The van der Waals surface area contributed by atoms with Crippen molar-refractivity contribution in [1.82, 2.24) is 0 Å². The third-order valence-electron chi connectivity index (χ3n) is 5.15. The van der Waals surface area contributed by atoms with Gasteiger partial charge in [-0.2, -0.15) is 0 Å². The Labute approximate surface area is 180 Å². The molecule has 0 spiro atoms. The highest BCUT2D eigenvalue weighted by Crippen LogP contribution is 2.27. The molecule has 1 saturated heterocycles. The minimum absolute atomic E-state index is 0.00387. The van der Waals surface area contributed by atoms with Crippen LogP contribution in [0.3, 0.4) is 0 Å². The summed E-state index contributed by atoms with van der Waals surface area (Å²) in [6.45, 7) is 5.61. The van der Waals surface area contributed by atoms with E-state index in [0.717, 1.165) is 5.56 Å². The summed E-state index contributed by atoms with van der Waals surface area (Å²) in [4.78, 5) is 50.8. The molecule has 2 aromatic carbocycles. The van der Waals surface area contributed by atoms with Crippen LogP contribution in [0.15, 0.2) is 48.5 Å². The highest BCUT2D eigenvalue weighted by Gasteiger charge is 2.37. The Bertz CT molecular complexity index is 980. The standard InChI is InChI=1S/C24H25NO6/c1-4-30-23(28)18-9-11-20(12-10-18)25-14-19(13-21(25)26)24(29)31-16(3)22(27)17-7-5-15(2)6-8-17/h5-12,16,19H,4,13-14H2,1-3H3/t16-,19-/m1/s1. The zero-order chi connectivity index (χ0) is 22.5. The van der Waals surface area contributed by atoms with Crippen molar-refractivity contribution in [2.45, 2.75) is 33.3 Å². The van der Waals surface area contributed by atoms with Crippen molar-refractivity contribution in [3.05, 3.63) is 65.2 Å². The van der Waals surface area contributed by atoms with Crippen molar-refractivity contribution in [2.24, 2.45) is 5.92 Å². The first-order valence-electron chi connectivity index (χ1n) is 10.2. The summed E-state index contributed by atoms with van der Waals surface area (Å²) in [6.07, 6.45) is -0.938. The molecule has 0 aliphatic carbocycles. The van der Waals surface area contributed by atoms with Crippen LogP contribution >= 0.6 is 0 Å². The topological polar surface area (TPSA) is 90.0 Å². The Morgan fingerprint density at radius 2 is 1.65 bits per heavy atom. The number of anilines is 1. The fourth-order valence-corrected chi connectivity index (χ4v) is 3.38. The van der Waals surface area contributed by atoms with Crippen LogP contribution < -0.4 is 4.90 Å². The zero-order valence-corrected chi connectivity index (χ0v) is 17.8. The number of rotatable bonds is 7. The molecular formula is C24H25NO6. The van der Waals surface area contributed by atoms with Crippen LogP contribution in [0.5, 0.6) is 0 Å². The van der Waals surface area contributed by atoms with Crippen LogP contribution in [0.2, 0.25) is 0 Å². The Morgan fingerprint density at radius 1 is 1.03 bits per heavy atom. The molecule has 7 nitrogen and oxygen atoms in total. The van der Waals surface area contributed by atoms with E-state index >= 15 is 0 Å². The number of carbonyl (C=O) groups is 4. The van der Waals surface area contributed by atoms with Gasteiger partial charge in [0.05, 0.1) is 18.1 Å². The lowest BCUT2D eigenvalue weighted by atomic mass is 10.1. The van der Waals surface area contributed by atoms with Crippen LogP contribution in [0.25, 0.3) is 0 Å². The molecule has 0 saturated carbocycles. The number of ether oxygens (including phenoxy) is 2. The Kier molecular flexibility index (Phi) is 6.84. The van der Waals surface area contributed by atoms with Crippen molar-refractivity contribution in [1.29, 1.82) is 0 Å². The van der Waals surface area contributed by atoms with E-state index in [1.54, 1.807) is 43.3 Å². The lowest BCUT2D eigenvalue weighted by Crippen LogP contribution is -2.30. The molecular weight excluding hydrogens is 398 g/mol. The molecule has 7 heteroatoms. The van der Waals surface area contributed by atoms with Gasteiger partial charge < -0.3 is 14.4 Å². The maximum Gasteiger partial charge on any atom is 0.338 e. The minimum Gasteiger partial charge on any atom is -0.462 e. The van der Waals surface area contributed by atoms with Gasteiger partial charge in [0.15, 0.2) is 6.10 Å². The van der Waals surface area contributed by atoms with E-state index in [9.17, 15) is 19.2 Å². The third-order valence-corrected chi connectivity index (χ3v) is 5.15. The molecule has 0 N–H and O–H groups in total. The summed E-state index contributed by atoms with van der Waals surface area (Å²) in [7, 11) is 0. The average Bonchev–Trinajstić information content (AvgIpc) is 3.16. The van der Waals surface area contributed by atoms with Crippen molar-refractivity contribution < 1.29 is 28.7 Å². The number of hydrogen-bond acceptors (Lipinski definition) is 6. The van der Waals surface area contributed by atoms with Crippen LogP contribution in [0, 0.1) is 12.8 Å². The molecule has 2 atom stereocenters. The molecule has 31 heavy (non-hydrogen) atoms. The number of esters is 2. The Balaban J connectivity index is 1.61. The summed E-state index contributed by atoms with van der Waals surface area (Å²) >= 11 is 0. The number of Topliss-reactive ketones (excluding diaryl/α,β-unsaturated/α-hetero) is 1. The number of benzene rings is 2. The second-order valence-electron chi connectivity index (χ2n) is 7.48. The SMILES string of the molecule is CCOC(=O)c1ccc(N2C[C@H](C(=O)O[C@H](C)C(=O)c3ccc(C)cc3)CC2=O)cc1. The quantitative estimate of drug-likeness (QED) is 0.501.